The summed E-state index contributed by atoms with van der Waals surface area (Å²) in [5.41, 5.74) is 1.49. The molecule has 2 aromatic rings. The SMILES string of the molecule is CCOC(=O)C1CCN(C(=O)c2coc(CN(Cc3ccc(OCC)cc3)C(C)CC)n2)CC1. The minimum Gasteiger partial charge on any atom is -0.494 e. The summed E-state index contributed by atoms with van der Waals surface area (Å²) in [6.07, 6.45) is 3.65. The van der Waals surface area contributed by atoms with Crippen LogP contribution in [-0.2, 0) is 22.6 Å². The van der Waals surface area contributed by atoms with Gasteiger partial charge in [-0.15, -0.1) is 0 Å². The summed E-state index contributed by atoms with van der Waals surface area (Å²) in [6, 6.07) is 8.44. The molecule has 1 fully saturated rings. The highest BCUT2D eigenvalue weighted by molar-refractivity contribution is 5.92. The van der Waals surface area contributed by atoms with Crippen molar-refractivity contribution >= 4 is 11.9 Å². The maximum absolute atomic E-state index is 12.9. The van der Waals surface area contributed by atoms with Gasteiger partial charge in [0.05, 0.1) is 25.7 Å². The lowest BCUT2D eigenvalue weighted by Gasteiger charge is -2.30. The predicted molar refractivity (Wildman–Crippen MR) is 128 cm³/mol. The number of hydrogen-bond acceptors (Lipinski definition) is 7. The third kappa shape index (κ3) is 6.82. The van der Waals surface area contributed by atoms with Gasteiger partial charge in [-0.3, -0.25) is 14.5 Å². The number of carbonyl (C=O) groups excluding carboxylic acids is 2. The van der Waals surface area contributed by atoms with Crippen molar-refractivity contribution in [1.82, 2.24) is 14.8 Å². The molecule has 1 amide bonds. The lowest BCUT2D eigenvalue weighted by Crippen LogP contribution is -2.40. The van der Waals surface area contributed by atoms with Gasteiger partial charge < -0.3 is 18.8 Å². The van der Waals surface area contributed by atoms with Crippen molar-refractivity contribution < 1.29 is 23.5 Å². The average molecular weight is 472 g/mol. The number of benzene rings is 1. The number of nitrogens with zero attached hydrogens (tertiary/aromatic N) is 3. The van der Waals surface area contributed by atoms with Gasteiger partial charge in [-0.25, -0.2) is 4.98 Å². The van der Waals surface area contributed by atoms with E-state index < -0.39 is 0 Å². The monoisotopic (exact) mass is 471 g/mol. The van der Waals surface area contributed by atoms with E-state index in [4.69, 9.17) is 13.9 Å². The fraction of sp³-hybridized carbons (Fsp3) is 0.577. The summed E-state index contributed by atoms with van der Waals surface area (Å²) in [5.74, 6) is 0.929. The van der Waals surface area contributed by atoms with Gasteiger partial charge in [0.25, 0.3) is 5.91 Å². The normalized spacial score (nSPS) is 15.4. The first-order valence-electron chi connectivity index (χ1n) is 12.3. The van der Waals surface area contributed by atoms with Crippen LogP contribution in [0.3, 0.4) is 0 Å². The number of esters is 1. The van der Waals surface area contributed by atoms with Crippen LogP contribution in [0, 0.1) is 5.92 Å². The number of hydrogen-bond donors (Lipinski definition) is 0. The molecule has 1 aliphatic heterocycles. The van der Waals surface area contributed by atoms with Gasteiger partial charge in [-0.05, 0) is 57.7 Å². The van der Waals surface area contributed by atoms with Gasteiger partial charge in [0.15, 0.2) is 5.69 Å². The van der Waals surface area contributed by atoms with Crippen molar-refractivity contribution in [2.24, 2.45) is 5.92 Å². The number of likely N-dealkylation sites (tertiary alicyclic amines) is 1. The molecule has 0 saturated carbocycles. The molecule has 1 aromatic heterocycles. The number of piperidine rings is 1. The zero-order valence-electron chi connectivity index (χ0n) is 20.8. The molecule has 8 heteroatoms. The lowest BCUT2D eigenvalue weighted by molar-refractivity contribution is -0.149. The number of ether oxygens (including phenoxy) is 2. The Labute approximate surface area is 202 Å². The van der Waals surface area contributed by atoms with E-state index in [2.05, 4.69) is 35.9 Å². The highest BCUT2D eigenvalue weighted by Crippen LogP contribution is 2.22. The maximum Gasteiger partial charge on any atom is 0.309 e. The molecule has 1 atom stereocenters. The molecule has 186 valence electrons. The second-order valence-corrected chi connectivity index (χ2v) is 8.68. The Bertz CT molecular complexity index is 919. The van der Waals surface area contributed by atoms with E-state index >= 15 is 0 Å². The molecule has 1 aromatic carbocycles. The molecule has 0 spiro atoms. The Balaban J connectivity index is 1.59. The molecule has 34 heavy (non-hydrogen) atoms. The quantitative estimate of drug-likeness (QED) is 0.452. The number of amides is 1. The molecule has 0 N–H and O–H groups in total. The summed E-state index contributed by atoms with van der Waals surface area (Å²) < 4.78 is 16.3. The highest BCUT2D eigenvalue weighted by atomic mass is 16.5. The second kappa shape index (κ2) is 12.6. The summed E-state index contributed by atoms with van der Waals surface area (Å²) in [7, 11) is 0. The van der Waals surface area contributed by atoms with Gasteiger partial charge in [-0.1, -0.05) is 19.1 Å². The van der Waals surface area contributed by atoms with Crippen LogP contribution >= 0.6 is 0 Å². The standard InChI is InChI=1S/C26H37N3O5/c1-5-19(4)29(16-20-8-10-22(11-9-20)32-6-2)17-24-27-23(18-34-24)25(30)28-14-12-21(13-15-28)26(31)33-7-3/h8-11,18-19,21H,5-7,12-17H2,1-4H3. The van der Waals surface area contributed by atoms with Crippen LogP contribution < -0.4 is 4.74 Å². The Morgan fingerprint density at radius 3 is 2.44 bits per heavy atom. The molecule has 1 aliphatic rings. The molecule has 3 rings (SSSR count). The van der Waals surface area contributed by atoms with Crippen molar-refractivity contribution in [3.8, 4) is 5.75 Å². The molecule has 0 radical (unpaired) electrons. The molecule has 1 unspecified atom stereocenters. The number of oxazole rings is 1. The predicted octanol–water partition coefficient (Wildman–Crippen LogP) is 4.29. The smallest absolute Gasteiger partial charge is 0.309 e. The van der Waals surface area contributed by atoms with E-state index in [-0.39, 0.29) is 17.8 Å². The molecule has 1 saturated heterocycles. The van der Waals surface area contributed by atoms with Crippen molar-refractivity contribution in [2.75, 3.05) is 26.3 Å². The van der Waals surface area contributed by atoms with Crippen molar-refractivity contribution in [1.29, 1.82) is 0 Å². The maximum atomic E-state index is 12.9. The Morgan fingerprint density at radius 2 is 1.82 bits per heavy atom. The van der Waals surface area contributed by atoms with Gasteiger partial charge in [-0.2, -0.15) is 0 Å². The van der Waals surface area contributed by atoms with E-state index in [1.54, 1.807) is 11.8 Å². The summed E-state index contributed by atoms with van der Waals surface area (Å²) in [6.45, 7) is 11.4. The molecule has 0 aliphatic carbocycles. The third-order valence-corrected chi connectivity index (χ3v) is 6.35. The van der Waals surface area contributed by atoms with Crippen molar-refractivity contribution in [3.05, 3.63) is 47.7 Å². The van der Waals surface area contributed by atoms with Gasteiger partial charge >= 0.3 is 5.97 Å². The number of aromatic nitrogens is 1. The van der Waals surface area contributed by atoms with Crippen molar-refractivity contribution in [2.45, 2.75) is 66.1 Å². The van der Waals surface area contributed by atoms with Crippen LogP contribution in [0.4, 0.5) is 0 Å². The zero-order valence-corrected chi connectivity index (χ0v) is 20.8. The first-order chi connectivity index (χ1) is 16.4. The topological polar surface area (TPSA) is 85.1 Å². The fourth-order valence-corrected chi connectivity index (χ4v) is 4.11. The Morgan fingerprint density at radius 1 is 1.12 bits per heavy atom. The van der Waals surface area contributed by atoms with Crippen LogP contribution in [0.2, 0.25) is 0 Å². The van der Waals surface area contributed by atoms with E-state index in [0.29, 0.717) is 63.3 Å². The average Bonchev–Trinajstić information content (AvgIpc) is 3.33. The molecule has 2 heterocycles. The molecule has 0 bridgehead atoms. The first-order valence-corrected chi connectivity index (χ1v) is 12.3. The van der Waals surface area contributed by atoms with Gasteiger partial charge in [0.2, 0.25) is 5.89 Å². The second-order valence-electron chi connectivity index (χ2n) is 8.68. The molecular weight excluding hydrogens is 434 g/mol. The van der Waals surface area contributed by atoms with E-state index in [0.717, 1.165) is 18.7 Å². The van der Waals surface area contributed by atoms with Gasteiger partial charge in [0, 0.05) is 25.7 Å². The number of carbonyl (C=O) groups is 2. The highest BCUT2D eigenvalue weighted by Gasteiger charge is 2.30. The van der Waals surface area contributed by atoms with E-state index in [1.807, 2.05) is 19.1 Å². The Hall–Kier alpha value is -2.87. The van der Waals surface area contributed by atoms with Crippen molar-refractivity contribution in [3.63, 3.8) is 0 Å². The summed E-state index contributed by atoms with van der Waals surface area (Å²) in [5, 5.41) is 0. The zero-order chi connectivity index (χ0) is 24.5. The number of rotatable bonds is 11. The Kier molecular flexibility index (Phi) is 9.51. The van der Waals surface area contributed by atoms with E-state index in [1.165, 1.54) is 11.8 Å². The fourth-order valence-electron chi connectivity index (χ4n) is 4.11. The summed E-state index contributed by atoms with van der Waals surface area (Å²) >= 11 is 0. The molecule has 8 nitrogen and oxygen atoms in total. The van der Waals surface area contributed by atoms with Crippen LogP contribution in [0.15, 0.2) is 34.9 Å². The first kappa shape index (κ1) is 25.7. The van der Waals surface area contributed by atoms with E-state index in [9.17, 15) is 9.59 Å². The van der Waals surface area contributed by atoms with Gasteiger partial charge in [0.1, 0.15) is 12.0 Å². The molecular formula is C26H37N3O5. The lowest BCUT2D eigenvalue weighted by atomic mass is 9.97. The van der Waals surface area contributed by atoms with Crippen LogP contribution in [0.25, 0.3) is 0 Å². The largest absolute Gasteiger partial charge is 0.494 e. The summed E-state index contributed by atoms with van der Waals surface area (Å²) in [4.78, 5) is 33.4. The minimum atomic E-state index is -0.170. The van der Waals surface area contributed by atoms with Crippen LogP contribution in [0.5, 0.6) is 5.75 Å². The third-order valence-electron chi connectivity index (χ3n) is 6.35. The van der Waals surface area contributed by atoms with Crippen LogP contribution in [-0.4, -0.2) is 59.0 Å². The van der Waals surface area contributed by atoms with Crippen LogP contribution in [0.1, 0.15) is 68.9 Å². The minimum absolute atomic E-state index is 0.136.